The fraction of sp³-hybridized carbons (Fsp3) is 0.833. The largest absolute Gasteiger partial charge is 0.297 e. The van der Waals surface area contributed by atoms with Gasteiger partial charge in [-0.25, -0.2) is 0 Å². The number of carbonyl (C=O) groups is 1. The van der Waals surface area contributed by atoms with E-state index in [-0.39, 0.29) is 23.3 Å². The van der Waals surface area contributed by atoms with Gasteiger partial charge in [-0.2, -0.15) is 4.80 Å². The van der Waals surface area contributed by atoms with E-state index in [0.29, 0.717) is 11.7 Å². The minimum Gasteiger partial charge on any atom is -0.297 e. The lowest BCUT2D eigenvalue weighted by Gasteiger charge is -2.57. The van der Waals surface area contributed by atoms with Gasteiger partial charge in [0.05, 0.1) is 0 Å². The Morgan fingerprint density at radius 2 is 1.93 bits per heavy atom. The highest BCUT2D eigenvalue weighted by Crippen LogP contribution is 2.65. The van der Waals surface area contributed by atoms with Crippen LogP contribution in [0.15, 0.2) is 6.33 Å². The van der Waals surface area contributed by atoms with E-state index in [1.165, 1.54) is 62.5 Å². The van der Waals surface area contributed by atoms with Crippen molar-refractivity contribution in [1.29, 1.82) is 0 Å². The van der Waals surface area contributed by atoms with Crippen molar-refractivity contribution in [1.82, 2.24) is 20.2 Å². The van der Waals surface area contributed by atoms with Gasteiger partial charge in [-0.1, -0.05) is 12.8 Å². The van der Waals surface area contributed by atoms with Crippen molar-refractivity contribution < 1.29 is 4.79 Å². The monoisotopic (exact) mass is 428 g/mol. The Morgan fingerprint density at radius 3 is 2.70 bits per heavy atom. The molecule has 0 amide bonds. The number of rotatable bonds is 3. The van der Waals surface area contributed by atoms with Crippen LogP contribution in [0.1, 0.15) is 71.6 Å². The normalized spacial score (nSPS) is 44.9. The standard InChI is InChI=1S/C24H33ClN4O/c1-23(11-12-25)9-7-17-16(13-23)3-4-19-18(17)8-10-24(2)20(19)5-6-21(24)22(30)14-29-27-15-26-28-29/h15-21H,3-10,13-14H2,1-2H3/t16?,17-,18+,19+,20-,21+,23-,24-/m0/s1. The Hall–Kier alpha value is -1.41. The van der Waals surface area contributed by atoms with Gasteiger partial charge in [-0.05, 0) is 117 Å². The van der Waals surface area contributed by atoms with Crippen molar-refractivity contribution in [2.45, 2.75) is 78.2 Å². The molecule has 0 spiro atoms. The van der Waals surface area contributed by atoms with Crippen molar-refractivity contribution in [3.8, 4) is 11.3 Å². The van der Waals surface area contributed by atoms with Crippen LogP contribution in [0, 0.1) is 57.6 Å². The van der Waals surface area contributed by atoms with Gasteiger partial charge in [-0.15, -0.1) is 10.2 Å². The maximum absolute atomic E-state index is 13.1. The predicted molar refractivity (Wildman–Crippen MR) is 115 cm³/mol. The number of hydrogen-bond donors (Lipinski definition) is 0. The van der Waals surface area contributed by atoms with E-state index in [4.69, 9.17) is 11.6 Å². The summed E-state index contributed by atoms with van der Waals surface area (Å²) >= 11 is 5.77. The molecule has 8 atom stereocenters. The molecule has 4 saturated carbocycles. The third kappa shape index (κ3) is 3.30. The predicted octanol–water partition coefficient (Wildman–Crippen LogP) is 4.72. The number of fused-ring (bicyclic) bond motifs is 5. The summed E-state index contributed by atoms with van der Waals surface area (Å²) in [6.45, 7) is 4.99. The minimum atomic E-state index is 0.110. The van der Waals surface area contributed by atoms with Crippen LogP contribution in [0.2, 0.25) is 0 Å². The molecule has 4 fully saturated rings. The fourth-order valence-corrected chi connectivity index (χ4v) is 8.60. The van der Waals surface area contributed by atoms with Crippen molar-refractivity contribution in [2.24, 2.45) is 46.3 Å². The van der Waals surface area contributed by atoms with Crippen LogP contribution in [0.5, 0.6) is 0 Å². The first kappa shape index (κ1) is 20.5. The molecule has 1 aromatic heterocycles. The molecule has 5 rings (SSSR count). The summed E-state index contributed by atoms with van der Waals surface area (Å²) in [7, 11) is 0. The minimum absolute atomic E-state index is 0.110. The van der Waals surface area contributed by atoms with Gasteiger partial charge in [-0.3, -0.25) is 4.79 Å². The molecule has 1 aromatic rings. The number of aromatic nitrogens is 4. The van der Waals surface area contributed by atoms with Crippen LogP contribution in [0.4, 0.5) is 0 Å². The number of carbonyl (C=O) groups excluding carboxylic acids is 1. The third-order valence-corrected chi connectivity index (χ3v) is 9.78. The first-order valence-corrected chi connectivity index (χ1v) is 12.2. The average molecular weight is 429 g/mol. The topological polar surface area (TPSA) is 60.7 Å². The first-order valence-electron chi connectivity index (χ1n) is 11.8. The lowest BCUT2D eigenvalue weighted by molar-refractivity contribution is -0.131. The zero-order chi connectivity index (χ0) is 20.9. The third-order valence-electron chi connectivity index (χ3n) is 9.69. The van der Waals surface area contributed by atoms with Crippen molar-refractivity contribution in [3.05, 3.63) is 6.33 Å². The summed E-state index contributed by atoms with van der Waals surface area (Å²) < 4.78 is 0. The van der Waals surface area contributed by atoms with E-state index < -0.39 is 0 Å². The summed E-state index contributed by atoms with van der Waals surface area (Å²) in [5, 5.41) is 14.4. The maximum atomic E-state index is 13.1. The fourth-order valence-electron chi connectivity index (χ4n) is 8.37. The van der Waals surface area contributed by atoms with Crippen LogP contribution < -0.4 is 0 Å². The van der Waals surface area contributed by atoms with Crippen molar-refractivity contribution in [2.75, 3.05) is 0 Å². The second kappa shape index (κ2) is 7.62. The summed E-state index contributed by atoms with van der Waals surface area (Å²) in [6, 6.07) is 0. The summed E-state index contributed by atoms with van der Waals surface area (Å²) in [4.78, 5) is 14.6. The second-order valence-corrected chi connectivity index (χ2v) is 11.3. The van der Waals surface area contributed by atoms with Gasteiger partial charge < -0.3 is 0 Å². The molecule has 1 unspecified atom stereocenters. The second-order valence-electron chi connectivity index (χ2n) is 11.1. The summed E-state index contributed by atoms with van der Waals surface area (Å²) in [5.41, 5.74) is 0.262. The zero-order valence-electron chi connectivity index (χ0n) is 18.2. The average Bonchev–Trinajstić information content (AvgIpc) is 3.34. The van der Waals surface area contributed by atoms with Crippen LogP contribution in [0.3, 0.4) is 0 Å². The number of hydrogen-bond acceptors (Lipinski definition) is 4. The molecule has 0 radical (unpaired) electrons. The lowest BCUT2D eigenvalue weighted by atomic mass is 9.48. The van der Waals surface area contributed by atoms with E-state index in [2.05, 4.69) is 40.6 Å². The van der Waals surface area contributed by atoms with E-state index >= 15 is 0 Å². The summed E-state index contributed by atoms with van der Waals surface area (Å²) in [5.74, 6) is 7.78. The van der Waals surface area contributed by atoms with Gasteiger partial charge in [0, 0.05) is 16.7 Å². The Bertz CT molecular complexity index is 860. The van der Waals surface area contributed by atoms with Crippen molar-refractivity contribution >= 4 is 17.4 Å². The van der Waals surface area contributed by atoms with Crippen molar-refractivity contribution in [3.63, 3.8) is 0 Å². The quantitative estimate of drug-likeness (QED) is 0.653. The molecular formula is C24H33ClN4O. The number of halogens is 1. The van der Waals surface area contributed by atoms with Gasteiger partial charge >= 0.3 is 0 Å². The van der Waals surface area contributed by atoms with E-state index in [1.54, 1.807) is 0 Å². The molecule has 30 heavy (non-hydrogen) atoms. The van der Waals surface area contributed by atoms with E-state index in [0.717, 1.165) is 30.1 Å². The van der Waals surface area contributed by atoms with Gasteiger partial charge in [0.1, 0.15) is 6.54 Å². The first-order chi connectivity index (χ1) is 14.4. The molecule has 5 nitrogen and oxygen atoms in total. The molecule has 0 aromatic carbocycles. The highest BCUT2D eigenvalue weighted by Gasteiger charge is 2.58. The Morgan fingerprint density at radius 1 is 1.10 bits per heavy atom. The van der Waals surface area contributed by atoms with Crippen LogP contribution in [0.25, 0.3) is 0 Å². The molecule has 6 heteroatoms. The molecule has 0 saturated heterocycles. The molecule has 162 valence electrons. The van der Waals surface area contributed by atoms with E-state index in [9.17, 15) is 4.79 Å². The highest BCUT2D eigenvalue weighted by atomic mass is 35.5. The number of Topliss-reactive ketones (excluding diaryl/α,β-unsaturated/α-hetero) is 1. The van der Waals surface area contributed by atoms with Gasteiger partial charge in [0.15, 0.2) is 12.1 Å². The Balaban J connectivity index is 1.31. The van der Waals surface area contributed by atoms with Gasteiger partial charge in [0.2, 0.25) is 0 Å². The lowest BCUT2D eigenvalue weighted by Crippen LogP contribution is -2.50. The van der Waals surface area contributed by atoms with Gasteiger partial charge in [0.25, 0.3) is 0 Å². The number of tetrazole rings is 1. The zero-order valence-corrected chi connectivity index (χ0v) is 18.9. The highest BCUT2D eigenvalue weighted by molar-refractivity contribution is 6.30. The SMILES string of the molecule is C[C@@]1(C#CCl)CC[C@H]2C(CC[C@@H]3[C@@H]2CC[C@]2(C)[C@@H](C(=O)Cn4ncnn4)CC[C@@H]32)C1. The molecule has 4 aliphatic rings. The molecule has 0 aliphatic heterocycles. The summed E-state index contributed by atoms with van der Waals surface area (Å²) in [6.07, 6.45) is 12.5. The molecule has 0 bridgehead atoms. The number of nitrogens with zero attached hydrogens (tertiary/aromatic N) is 4. The molecule has 1 heterocycles. The Labute approximate surface area is 184 Å². The smallest absolute Gasteiger partial charge is 0.162 e. The van der Waals surface area contributed by atoms with E-state index in [1.807, 2.05) is 0 Å². The number of ketones is 1. The van der Waals surface area contributed by atoms with Crippen LogP contribution in [-0.4, -0.2) is 26.0 Å². The van der Waals surface area contributed by atoms with Crippen LogP contribution in [-0.2, 0) is 11.3 Å². The molecule has 4 aliphatic carbocycles. The van der Waals surface area contributed by atoms with Crippen LogP contribution >= 0.6 is 11.6 Å². The molecule has 0 N–H and O–H groups in total. The Kier molecular flexibility index (Phi) is 5.21. The maximum Gasteiger partial charge on any atom is 0.162 e. The molecular weight excluding hydrogens is 396 g/mol.